The lowest BCUT2D eigenvalue weighted by molar-refractivity contribution is 0.918. The van der Waals surface area contributed by atoms with Crippen LogP contribution in [0.5, 0.6) is 0 Å². The van der Waals surface area contributed by atoms with Gasteiger partial charge in [0.25, 0.3) is 5.56 Å². The zero-order valence-electron chi connectivity index (χ0n) is 12.1. The van der Waals surface area contributed by atoms with Crippen molar-refractivity contribution in [3.05, 3.63) is 70.5 Å². The Kier molecular flexibility index (Phi) is 2.43. The summed E-state index contributed by atoms with van der Waals surface area (Å²) < 4.78 is 1.74. The van der Waals surface area contributed by atoms with Gasteiger partial charge in [-0.05, 0) is 35.4 Å². The maximum Gasteiger partial charge on any atom is 0.258 e. The Hall–Kier alpha value is -2.61. The number of nitrogens with zero attached hydrogens (tertiary/aromatic N) is 1. The quantitative estimate of drug-likeness (QED) is 0.441. The molecule has 0 saturated heterocycles. The van der Waals surface area contributed by atoms with E-state index in [0.29, 0.717) is 0 Å². The molecule has 0 radical (unpaired) electrons. The number of rotatable bonds is 0. The first-order valence-corrected chi connectivity index (χ1v) is 7.08. The minimum atomic E-state index is 0.0672. The van der Waals surface area contributed by atoms with Crippen LogP contribution in [-0.2, 0) is 7.05 Å². The van der Waals surface area contributed by atoms with Crippen LogP contribution in [0.1, 0.15) is 5.56 Å². The van der Waals surface area contributed by atoms with E-state index >= 15 is 0 Å². The number of fused-ring (bicyclic) bond motifs is 5. The summed E-state index contributed by atoms with van der Waals surface area (Å²) in [7, 11) is 1.84. The molecule has 21 heavy (non-hydrogen) atoms. The van der Waals surface area contributed by atoms with Crippen molar-refractivity contribution >= 4 is 32.4 Å². The van der Waals surface area contributed by atoms with Gasteiger partial charge in [0, 0.05) is 23.2 Å². The molecule has 3 aromatic carbocycles. The van der Waals surface area contributed by atoms with Crippen LogP contribution in [0.3, 0.4) is 0 Å². The number of hydrogen-bond donors (Lipinski definition) is 0. The van der Waals surface area contributed by atoms with Crippen LogP contribution in [0.15, 0.2) is 59.4 Å². The lowest BCUT2D eigenvalue weighted by atomic mass is 9.96. The van der Waals surface area contributed by atoms with Crippen molar-refractivity contribution in [1.82, 2.24) is 4.57 Å². The highest BCUT2D eigenvalue weighted by molar-refractivity contribution is 6.19. The molecule has 0 amide bonds. The van der Waals surface area contributed by atoms with E-state index in [0.717, 1.165) is 32.6 Å². The Morgan fingerprint density at radius 3 is 2.19 bits per heavy atom. The lowest BCUT2D eigenvalue weighted by Crippen LogP contribution is -2.17. The normalized spacial score (nSPS) is 11.5. The smallest absolute Gasteiger partial charge is 0.258 e. The van der Waals surface area contributed by atoms with Crippen LogP contribution >= 0.6 is 0 Å². The second kappa shape index (κ2) is 4.19. The molecule has 0 atom stereocenters. The van der Waals surface area contributed by atoms with Crippen LogP contribution in [0.25, 0.3) is 32.4 Å². The predicted molar refractivity (Wildman–Crippen MR) is 88.9 cm³/mol. The fourth-order valence-corrected chi connectivity index (χ4v) is 3.28. The Morgan fingerprint density at radius 2 is 1.43 bits per heavy atom. The molecule has 0 aliphatic carbocycles. The zero-order valence-corrected chi connectivity index (χ0v) is 12.1. The molecule has 1 aromatic heterocycles. The van der Waals surface area contributed by atoms with Crippen LogP contribution in [0.2, 0.25) is 0 Å². The maximum atomic E-state index is 12.7. The topological polar surface area (TPSA) is 22.0 Å². The third-order valence-electron chi connectivity index (χ3n) is 4.32. The minimum Gasteiger partial charge on any atom is -0.311 e. The standard InChI is InChI=1S/C19H15NO/c1-12-11-16-18(14-8-4-3-7-13(12)14)15-9-5-6-10-17(15)20(2)19(16)21/h3-11H,1-2H3. The number of aromatic nitrogens is 1. The third kappa shape index (κ3) is 1.56. The monoisotopic (exact) mass is 273 g/mol. The van der Waals surface area contributed by atoms with Gasteiger partial charge in [-0.1, -0.05) is 42.5 Å². The molecule has 1 heterocycles. The summed E-state index contributed by atoms with van der Waals surface area (Å²) in [6.07, 6.45) is 0. The largest absolute Gasteiger partial charge is 0.311 e. The molecule has 0 N–H and O–H groups in total. The van der Waals surface area contributed by atoms with Crippen molar-refractivity contribution in [2.45, 2.75) is 6.92 Å². The fraction of sp³-hybridized carbons (Fsp3) is 0.105. The lowest BCUT2D eigenvalue weighted by Gasteiger charge is -2.12. The van der Waals surface area contributed by atoms with Crippen molar-refractivity contribution in [3.8, 4) is 0 Å². The number of hydrogen-bond acceptors (Lipinski definition) is 1. The van der Waals surface area contributed by atoms with E-state index in [1.807, 2.05) is 43.4 Å². The average Bonchev–Trinajstić information content (AvgIpc) is 2.53. The molecule has 0 aliphatic rings. The molecule has 4 rings (SSSR count). The van der Waals surface area contributed by atoms with Gasteiger partial charge in [0.1, 0.15) is 0 Å². The van der Waals surface area contributed by atoms with E-state index in [4.69, 9.17) is 0 Å². The van der Waals surface area contributed by atoms with Crippen molar-refractivity contribution in [3.63, 3.8) is 0 Å². The number of para-hydroxylation sites is 1. The van der Waals surface area contributed by atoms with E-state index in [2.05, 4.69) is 25.1 Å². The van der Waals surface area contributed by atoms with Crippen LogP contribution in [-0.4, -0.2) is 4.57 Å². The molecular weight excluding hydrogens is 258 g/mol. The number of aryl methyl sites for hydroxylation is 2. The molecule has 0 saturated carbocycles. The highest BCUT2D eigenvalue weighted by atomic mass is 16.1. The first kappa shape index (κ1) is 12.2. The summed E-state index contributed by atoms with van der Waals surface area (Å²) in [5.74, 6) is 0. The Balaban J connectivity index is 2.47. The molecule has 0 aliphatic heterocycles. The van der Waals surface area contributed by atoms with Crippen LogP contribution in [0, 0.1) is 6.92 Å². The van der Waals surface area contributed by atoms with E-state index in [1.165, 1.54) is 5.39 Å². The van der Waals surface area contributed by atoms with Gasteiger partial charge in [0.2, 0.25) is 0 Å². The SMILES string of the molecule is Cc1cc2c(=O)n(C)c3ccccc3c2c2ccccc12. The average molecular weight is 273 g/mol. The molecule has 4 aromatic rings. The summed E-state index contributed by atoms with van der Waals surface area (Å²) in [5, 5.41) is 5.36. The second-order valence-electron chi connectivity index (χ2n) is 5.54. The Bertz CT molecular complexity index is 1060. The van der Waals surface area contributed by atoms with Crippen molar-refractivity contribution in [2.24, 2.45) is 7.05 Å². The van der Waals surface area contributed by atoms with Crippen molar-refractivity contribution in [2.75, 3.05) is 0 Å². The summed E-state index contributed by atoms with van der Waals surface area (Å²) in [6.45, 7) is 2.07. The maximum absolute atomic E-state index is 12.7. The van der Waals surface area contributed by atoms with Gasteiger partial charge in [0.05, 0.1) is 5.52 Å². The highest BCUT2D eigenvalue weighted by Gasteiger charge is 2.12. The molecule has 0 spiro atoms. The summed E-state index contributed by atoms with van der Waals surface area (Å²) >= 11 is 0. The van der Waals surface area contributed by atoms with E-state index in [9.17, 15) is 4.79 Å². The highest BCUT2D eigenvalue weighted by Crippen LogP contribution is 2.31. The van der Waals surface area contributed by atoms with Crippen LogP contribution < -0.4 is 5.56 Å². The molecular formula is C19H15NO. The third-order valence-corrected chi connectivity index (χ3v) is 4.32. The Labute approximate surface area is 122 Å². The van der Waals surface area contributed by atoms with E-state index in [-0.39, 0.29) is 5.56 Å². The van der Waals surface area contributed by atoms with E-state index in [1.54, 1.807) is 4.57 Å². The first-order chi connectivity index (χ1) is 10.2. The number of pyridine rings is 1. The second-order valence-corrected chi connectivity index (χ2v) is 5.54. The molecule has 0 bridgehead atoms. The molecule has 0 unspecified atom stereocenters. The van der Waals surface area contributed by atoms with Crippen molar-refractivity contribution in [1.29, 1.82) is 0 Å². The van der Waals surface area contributed by atoms with Gasteiger partial charge < -0.3 is 4.57 Å². The van der Waals surface area contributed by atoms with E-state index < -0.39 is 0 Å². The van der Waals surface area contributed by atoms with Crippen molar-refractivity contribution < 1.29 is 0 Å². The van der Waals surface area contributed by atoms with Gasteiger partial charge in [-0.3, -0.25) is 4.79 Å². The van der Waals surface area contributed by atoms with Gasteiger partial charge in [-0.2, -0.15) is 0 Å². The Morgan fingerprint density at radius 1 is 0.810 bits per heavy atom. The van der Waals surface area contributed by atoms with Gasteiger partial charge in [-0.25, -0.2) is 0 Å². The summed E-state index contributed by atoms with van der Waals surface area (Å²) in [5.41, 5.74) is 2.19. The first-order valence-electron chi connectivity index (χ1n) is 7.08. The van der Waals surface area contributed by atoms with Crippen LogP contribution in [0.4, 0.5) is 0 Å². The minimum absolute atomic E-state index is 0.0672. The summed E-state index contributed by atoms with van der Waals surface area (Å²) in [4.78, 5) is 12.7. The summed E-state index contributed by atoms with van der Waals surface area (Å²) in [6, 6.07) is 18.4. The van der Waals surface area contributed by atoms with Gasteiger partial charge in [0.15, 0.2) is 0 Å². The van der Waals surface area contributed by atoms with Gasteiger partial charge >= 0.3 is 0 Å². The molecule has 2 nitrogen and oxygen atoms in total. The fourth-order valence-electron chi connectivity index (χ4n) is 3.28. The molecule has 0 fully saturated rings. The number of benzene rings is 3. The molecule has 2 heteroatoms. The molecule has 102 valence electrons. The van der Waals surface area contributed by atoms with Gasteiger partial charge in [-0.15, -0.1) is 0 Å². The zero-order chi connectivity index (χ0) is 14.6. The predicted octanol–water partition coefficient (Wildman–Crippen LogP) is 4.15.